The fourth-order valence-electron chi connectivity index (χ4n) is 7.45. The van der Waals surface area contributed by atoms with Crippen molar-refractivity contribution in [3.05, 3.63) is 41.9 Å². The van der Waals surface area contributed by atoms with Crippen molar-refractivity contribution >= 4 is 28.7 Å². The van der Waals surface area contributed by atoms with Crippen LogP contribution in [0, 0.1) is 5.41 Å². The van der Waals surface area contributed by atoms with Gasteiger partial charge in [-0.1, -0.05) is 18.1 Å². The van der Waals surface area contributed by atoms with E-state index in [0.29, 0.717) is 18.8 Å². The van der Waals surface area contributed by atoms with E-state index in [2.05, 4.69) is 63.1 Å². The van der Waals surface area contributed by atoms with E-state index >= 15 is 4.39 Å². The van der Waals surface area contributed by atoms with Crippen molar-refractivity contribution < 1.29 is 18.4 Å². The van der Waals surface area contributed by atoms with Crippen LogP contribution < -0.4 is 16.4 Å². The van der Waals surface area contributed by atoms with Gasteiger partial charge >= 0.3 is 0 Å². The molecule has 3 heterocycles. The molecule has 0 radical (unpaired) electrons. The molecule has 6 rings (SSSR count). The van der Waals surface area contributed by atoms with Crippen molar-refractivity contribution in [3.8, 4) is 11.5 Å². The van der Waals surface area contributed by atoms with E-state index < -0.39 is 5.67 Å². The molecule has 0 spiro atoms. The molecule has 4 N–H and O–H groups in total. The lowest BCUT2D eigenvalue weighted by molar-refractivity contribution is -0.117. The molecule has 3 aromatic rings. The number of amides is 1. The van der Waals surface area contributed by atoms with Crippen molar-refractivity contribution in [1.82, 2.24) is 24.9 Å². The van der Waals surface area contributed by atoms with Gasteiger partial charge in [0.1, 0.15) is 5.67 Å². The predicted molar refractivity (Wildman–Crippen MR) is 173 cm³/mol. The summed E-state index contributed by atoms with van der Waals surface area (Å²) in [5.41, 5.74) is 7.03. The fourth-order valence-corrected chi connectivity index (χ4v) is 7.45. The summed E-state index contributed by atoms with van der Waals surface area (Å²) in [6.45, 7) is 7.82. The Morgan fingerprint density at radius 3 is 2.91 bits per heavy atom. The number of rotatable bonds is 10. The van der Waals surface area contributed by atoms with Crippen LogP contribution in [0.25, 0.3) is 22.4 Å². The number of nitrogens with two attached hydrogens (primary N) is 1. The summed E-state index contributed by atoms with van der Waals surface area (Å²) in [5, 5.41) is 11.6. The summed E-state index contributed by atoms with van der Waals surface area (Å²) in [4.78, 5) is 24.2. The summed E-state index contributed by atoms with van der Waals surface area (Å²) in [6.07, 6.45) is 7.00. The Hall–Kier alpha value is -3.77. The van der Waals surface area contributed by atoms with Crippen molar-refractivity contribution in [3.63, 3.8) is 0 Å². The highest BCUT2D eigenvalue weighted by Crippen LogP contribution is 2.65. The third-order valence-corrected chi connectivity index (χ3v) is 10.6. The van der Waals surface area contributed by atoms with Gasteiger partial charge in [-0.05, 0) is 71.2 Å². The maximum absolute atomic E-state index is 16.3. The van der Waals surface area contributed by atoms with E-state index in [1.54, 1.807) is 7.11 Å². The number of benzene rings is 1. The molecule has 1 amide bonds. The van der Waals surface area contributed by atoms with E-state index in [9.17, 15) is 4.79 Å². The maximum atomic E-state index is 16.3. The molecule has 1 saturated heterocycles. The summed E-state index contributed by atoms with van der Waals surface area (Å²) in [6, 6.07) is 7.99. The zero-order valence-corrected chi connectivity index (χ0v) is 26.8. The summed E-state index contributed by atoms with van der Waals surface area (Å²) >= 11 is 0. The number of methoxy groups -OCH3 is 1. The van der Waals surface area contributed by atoms with Gasteiger partial charge in [0.05, 0.1) is 41.5 Å². The molecular weight excluding hydrogens is 575 g/mol. The molecule has 1 aliphatic heterocycles. The smallest absolute Gasteiger partial charge is 0.254 e. The van der Waals surface area contributed by atoms with Crippen LogP contribution >= 0.6 is 0 Å². The number of nitrogens with zero attached hydrogens (tertiary/aromatic N) is 5. The number of hydrogen-bond donors (Lipinski definition) is 3. The van der Waals surface area contributed by atoms with Crippen LogP contribution in [-0.4, -0.2) is 82.3 Å². The monoisotopic (exact) mass is 620 g/mol. The lowest BCUT2D eigenvalue weighted by Crippen LogP contribution is -2.39. The zero-order valence-electron chi connectivity index (χ0n) is 26.8. The van der Waals surface area contributed by atoms with E-state index in [1.807, 2.05) is 24.3 Å². The number of nitrogens with one attached hydrogen (secondary N) is 2. The first-order chi connectivity index (χ1) is 21.6. The van der Waals surface area contributed by atoms with Gasteiger partial charge in [-0.25, -0.2) is 4.39 Å². The van der Waals surface area contributed by atoms with E-state index in [0.717, 1.165) is 54.5 Å². The molecule has 2 aromatic heterocycles. The second-order valence-electron chi connectivity index (χ2n) is 13.0. The molecule has 2 aliphatic carbocycles. The van der Waals surface area contributed by atoms with Gasteiger partial charge in [-0.2, -0.15) is 4.98 Å². The number of carbonyl (C=O) groups is 1. The SMILES string of the molecule is CCn1c(-c2noc(CNC(=O)C(C=N[C@@H]3CCC[C@@H]3OC)=CN)n2)cc2c(N[C@@H]3CCN(C)C(C)[C@]4(C)C[C@]34F)cccc21. The van der Waals surface area contributed by atoms with E-state index in [1.165, 1.54) is 12.4 Å². The van der Waals surface area contributed by atoms with E-state index in [-0.39, 0.29) is 53.6 Å². The average Bonchev–Trinajstić information content (AvgIpc) is 3.53. The Kier molecular flexibility index (Phi) is 8.47. The fraction of sp³-hybridized carbons (Fsp3) is 0.576. The molecule has 3 fully saturated rings. The average molecular weight is 621 g/mol. The Morgan fingerprint density at radius 2 is 2.16 bits per heavy atom. The molecule has 12 heteroatoms. The first-order valence-electron chi connectivity index (χ1n) is 16.0. The maximum Gasteiger partial charge on any atom is 0.254 e. The third kappa shape index (κ3) is 5.52. The number of ether oxygens (including phenoxy) is 1. The second-order valence-corrected chi connectivity index (χ2v) is 13.0. The molecule has 2 saturated carbocycles. The van der Waals surface area contributed by atoms with Crippen molar-refractivity contribution in [2.75, 3.05) is 26.0 Å². The van der Waals surface area contributed by atoms with Gasteiger partial charge in [-0.15, -0.1) is 0 Å². The molecular formula is C33H45FN8O3. The Labute approximate surface area is 263 Å². The van der Waals surface area contributed by atoms with E-state index in [4.69, 9.17) is 15.0 Å². The number of alkyl halides is 1. The number of halogens is 1. The largest absolute Gasteiger partial charge is 0.404 e. The minimum atomic E-state index is -1.25. The number of fused-ring (bicyclic) bond motifs is 2. The number of aryl methyl sites for hydroxylation is 1. The number of carbonyl (C=O) groups excluding carboxylic acids is 1. The molecule has 11 nitrogen and oxygen atoms in total. The number of likely N-dealkylation sites (tertiary alicyclic amines) is 1. The quantitative estimate of drug-likeness (QED) is 0.224. The molecule has 3 aliphatic rings. The normalized spacial score (nSPS) is 30.5. The first-order valence-corrected chi connectivity index (χ1v) is 16.0. The van der Waals surface area contributed by atoms with Gasteiger partial charge < -0.3 is 35.1 Å². The lowest BCUT2D eigenvalue weighted by atomic mass is 9.92. The van der Waals surface area contributed by atoms with Crippen LogP contribution in [0.15, 0.2) is 45.6 Å². The van der Waals surface area contributed by atoms with Gasteiger partial charge in [0.2, 0.25) is 11.7 Å². The van der Waals surface area contributed by atoms with Crippen LogP contribution in [-0.2, 0) is 22.6 Å². The highest BCUT2D eigenvalue weighted by atomic mass is 19.1. The number of hydrogen-bond acceptors (Lipinski definition) is 9. The van der Waals surface area contributed by atoms with Crippen LogP contribution in [0.1, 0.15) is 58.8 Å². The lowest BCUT2D eigenvalue weighted by Gasteiger charge is -2.29. The summed E-state index contributed by atoms with van der Waals surface area (Å²) in [5.74, 6) is 0.285. The highest BCUT2D eigenvalue weighted by molar-refractivity contribution is 6.12. The Morgan fingerprint density at radius 1 is 1.33 bits per heavy atom. The van der Waals surface area contributed by atoms with Crippen molar-refractivity contribution in [2.45, 2.75) is 95.9 Å². The van der Waals surface area contributed by atoms with Crippen LogP contribution in [0.5, 0.6) is 0 Å². The van der Waals surface area contributed by atoms with Crippen LogP contribution in [0.4, 0.5) is 10.1 Å². The summed E-state index contributed by atoms with van der Waals surface area (Å²) < 4.78 is 29.5. The molecule has 6 atom stereocenters. The predicted octanol–water partition coefficient (Wildman–Crippen LogP) is 4.43. The topological polar surface area (TPSA) is 136 Å². The number of anilines is 1. The molecule has 1 unspecified atom stereocenters. The first kappa shape index (κ1) is 31.2. The third-order valence-electron chi connectivity index (χ3n) is 10.6. The second kappa shape index (κ2) is 12.2. The standard InChI is InChI=1S/C33H45FN8O3/c1-6-42-25-11-7-9-23(38-28-13-14-41(4)20(2)32(3)19-33(28,32)34)22(25)15-26(42)30-39-29(45-40-30)18-37-31(43)21(16-35)17-36-24-10-8-12-27(24)44-5/h7,9,11,15-17,20,24,27-28,38H,6,8,10,12-14,18-19,35H2,1-5H3,(H,37,43)/t20?,24-,27+,28-,32+,33+/m1/s1. The molecule has 1 aromatic carbocycles. The van der Waals surface area contributed by atoms with Gasteiger partial charge in [0.25, 0.3) is 5.91 Å². The van der Waals surface area contributed by atoms with Crippen LogP contribution in [0.3, 0.4) is 0 Å². The Bertz CT molecular complexity index is 1620. The molecule has 45 heavy (non-hydrogen) atoms. The van der Waals surface area contributed by atoms with Gasteiger partial charge in [0.15, 0.2) is 0 Å². The molecule has 242 valence electrons. The number of aliphatic imine (C=N–C) groups is 1. The van der Waals surface area contributed by atoms with Crippen molar-refractivity contribution in [1.29, 1.82) is 0 Å². The van der Waals surface area contributed by atoms with Gasteiger partial charge in [0, 0.05) is 55.1 Å². The zero-order chi connectivity index (χ0) is 31.9. The number of aromatic nitrogens is 3. The van der Waals surface area contributed by atoms with Crippen LogP contribution in [0.2, 0.25) is 0 Å². The Balaban J connectivity index is 1.17. The minimum absolute atomic E-state index is 0.0156. The highest BCUT2D eigenvalue weighted by Gasteiger charge is 2.73. The van der Waals surface area contributed by atoms with Gasteiger partial charge in [-0.3, -0.25) is 9.79 Å². The molecule has 0 bridgehead atoms. The minimum Gasteiger partial charge on any atom is -0.404 e. The van der Waals surface area contributed by atoms with Crippen molar-refractivity contribution in [2.24, 2.45) is 16.1 Å². The summed E-state index contributed by atoms with van der Waals surface area (Å²) in [7, 11) is 3.77.